The summed E-state index contributed by atoms with van der Waals surface area (Å²) in [6, 6.07) is 2.97. The minimum Gasteiger partial charge on any atom is -0.493 e. The van der Waals surface area contributed by atoms with Gasteiger partial charge in [0, 0.05) is 12.1 Å². The van der Waals surface area contributed by atoms with Crippen LogP contribution in [0.15, 0.2) is 12.1 Å². The van der Waals surface area contributed by atoms with E-state index in [1.54, 1.807) is 6.07 Å². The van der Waals surface area contributed by atoms with E-state index in [9.17, 15) is 10.1 Å². The standard InChI is InChI=1S/C13H18N2O4/c1-18-12-6-10(8-14)11(15(16)17)7-13(12)19-5-4-9-2-3-9/h6-7,9H,2-5,8,14H2,1H3. The van der Waals surface area contributed by atoms with Crippen LogP contribution in [0.4, 0.5) is 5.69 Å². The van der Waals surface area contributed by atoms with Gasteiger partial charge < -0.3 is 15.2 Å². The van der Waals surface area contributed by atoms with Crippen LogP contribution >= 0.6 is 0 Å². The van der Waals surface area contributed by atoms with Gasteiger partial charge in [0.1, 0.15) is 0 Å². The summed E-state index contributed by atoms with van der Waals surface area (Å²) in [5.41, 5.74) is 5.93. The third kappa shape index (κ3) is 3.35. The van der Waals surface area contributed by atoms with Gasteiger partial charge in [0.25, 0.3) is 5.69 Å². The molecular weight excluding hydrogens is 248 g/mol. The Bertz CT molecular complexity index is 472. The summed E-state index contributed by atoms with van der Waals surface area (Å²) in [6.45, 7) is 0.648. The fraction of sp³-hybridized carbons (Fsp3) is 0.538. The van der Waals surface area contributed by atoms with Gasteiger partial charge in [-0.15, -0.1) is 0 Å². The number of hydrogen-bond acceptors (Lipinski definition) is 5. The molecule has 2 N–H and O–H groups in total. The highest BCUT2D eigenvalue weighted by Crippen LogP contribution is 2.36. The Balaban J connectivity index is 2.18. The molecule has 0 atom stereocenters. The van der Waals surface area contributed by atoms with Crippen molar-refractivity contribution < 1.29 is 14.4 Å². The molecule has 0 aliphatic heterocycles. The molecule has 1 aromatic rings. The van der Waals surface area contributed by atoms with E-state index >= 15 is 0 Å². The molecule has 0 aromatic heterocycles. The van der Waals surface area contributed by atoms with E-state index in [4.69, 9.17) is 15.2 Å². The Kier molecular flexibility index (Phi) is 4.21. The summed E-state index contributed by atoms with van der Waals surface area (Å²) < 4.78 is 10.8. The molecule has 0 heterocycles. The summed E-state index contributed by atoms with van der Waals surface area (Å²) >= 11 is 0. The monoisotopic (exact) mass is 266 g/mol. The number of methoxy groups -OCH3 is 1. The van der Waals surface area contributed by atoms with Crippen molar-refractivity contribution in [3.8, 4) is 11.5 Å². The highest BCUT2D eigenvalue weighted by molar-refractivity contribution is 5.54. The molecule has 0 amide bonds. The first-order valence-corrected chi connectivity index (χ1v) is 6.34. The number of hydrogen-bond donors (Lipinski definition) is 1. The number of nitrogens with two attached hydrogens (primary N) is 1. The predicted molar refractivity (Wildman–Crippen MR) is 70.4 cm³/mol. The molecule has 6 heteroatoms. The quantitative estimate of drug-likeness (QED) is 0.604. The molecule has 0 radical (unpaired) electrons. The molecule has 0 spiro atoms. The lowest BCUT2D eigenvalue weighted by atomic mass is 10.1. The van der Waals surface area contributed by atoms with Crippen LogP contribution in [0.3, 0.4) is 0 Å². The zero-order valence-corrected chi connectivity index (χ0v) is 10.9. The number of benzene rings is 1. The molecule has 0 bridgehead atoms. The first-order chi connectivity index (χ1) is 9.15. The van der Waals surface area contributed by atoms with Gasteiger partial charge in [0.05, 0.1) is 24.7 Å². The minimum absolute atomic E-state index is 0.0234. The zero-order chi connectivity index (χ0) is 13.8. The van der Waals surface area contributed by atoms with Crippen molar-refractivity contribution in [3.05, 3.63) is 27.8 Å². The van der Waals surface area contributed by atoms with Crippen LogP contribution in [0.25, 0.3) is 0 Å². The van der Waals surface area contributed by atoms with E-state index < -0.39 is 4.92 Å². The van der Waals surface area contributed by atoms with E-state index in [1.807, 2.05) is 0 Å². The van der Waals surface area contributed by atoms with Crippen molar-refractivity contribution in [1.82, 2.24) is 0 Å². The Morgan fingerprint density at radius 3 is 2.68 bits per heavy atom. The smallest absolute Gasteiger partial charge is 0.277 e. The average Bonchev–Trinajstić information content (AvgIpc) is 3.22. The third-order valence-corrected chi connectivity index (χ3v) is 3.26. The summed E-state index contributed by atoms with van der Waals surface area (Å²) in [6.07, 6.45) is 3.50. The van der Waals surface area contributed by atoms with E-state index in [-0.39, 0.29) is 12.2 Å². The van der Waals surface area contributed by atoms with Crippen molar-refractivity contribution in [3.63, 3.8) is 0 Å². The fourth-order valence-electron chi connectivity index (χ4n) is 1.94. The predicted octanol–water partition coefficient (Wildman–Crippen LogP) is 2.24. The van der Waals surface area contributed by atoms with Crippen LogP contribution in [-0.2, 0) is 6.54 Å². The molecule has 0 saturated heterocycles. The molecule has 19 heavy (non-hydrogen) atoms. The molecule has 1 saturated carbocycles. The largest absolute Gasteiger partial charge is 0.493 e. The average molecular weight is 266 g/mol. The van der Waals surface area contributed by atoms with Crippen LogP contribution in [-0.4, -0.2) is 18.6 Å². The van der Waals surface area contributed by atoms with E-state index in [1.165, 1.54) is 26.0 Å². The fourth-order valence-corrected chi connectivity index (χ4v) is 1.94. The lowest BCUT2D eigenvalue weighted by Crippen LogP contribution is -2.05. The second-order valence-electron chi connectivity index (χ2n) is 4.67. The van der Waals surface area contributed by atoms with Crippen LogP contribution in [0.1, 0.15) is 24.8 Å². The molecule has 1 aliphatic carbocycles. The van der Waals surface area contributed by atoms with Gasteiger partial charge in [-0.25, -0.2) is 0 Å². The van der Waals surface area contributed by atoms with E-state index in [0.29, 0.717) is 23.7 Å². The Hall–Kier alpha value is -1.82. The maximum atomic E-state index is 11.0. The number of rotatable bonds is 7. The lowest BCUT2D eigenvalue weighted by molar-refractivity contribution is -0.385. The van der Waals surface area contributed by atoms with Gasteiger partial charge in [-0.05, 0) is 18.4 Å². The van der Waals surface area contributed by atoms with Gasteiger partial charge in [-0.3, -0.25) is 10.1 Å². The topological polar surface area (TPSA) is 87.6 Å². The van der Waals surface area contributed by atoms with Crippen molar-refractivity contribution in [2.24, 2.45) is 11.7 Å². The molecule has 1 aromatic carbocycles. The van der Waals surface area contributed by atoms with Crippen LogP contribution in [0.5, 0.6) is 11.5 Å². The number of ether oxygens (including phenoxy) is 2. The first-order valence-electron chi connectivity index (χ1n) is 6.34. The van der Waals surface area contributed by atoms with Crippen molar-refractivity contribution >= 4 is 5.69 Å². The van der Waals surface area contributed by atoms with Crippen molar-refractivity contribution in [2.75, 3.05) is 13.7 Å². The molecular formula is C13H18N2O4. The number of nitrogens with zero attached hydrogens (tertiary/aromatic N) is 1. The van der Waals surface area contributed by atoms with Crippen molar-refractivity contribution in [2.45, 2.75) is 25.8 Å². The highest BCUT2D eigenvalue weighted by Gasteiger charge is 2.22. The maximum absolute atomic E-state index is 11.0. The molecule has 6 nitrogen and oxygen atoms in total. The maximum Gasteiger partial charge on any atom is 0.277 e. The summed E-state index contributed by atoms with van der Waals surface area (Å²) in [7, 11) is 1.51. The van der Waals surface area contributed by atoms with Gasteiger partial charge in [-0.1, -0.05) is 12.8 Å². The summed E-state index contributed by atoms with van der Waals surface area (Å²) in [5.74, 6) is 1.65. The molecule has 104 valence electrons. The zero-order valence-electron chi connectivity index (χ0n) is 10.9. The SMILES string of the molecule is COc1cc(CN)c([N+](=O)[O-])cc1OCCC1CC1. The Labute approximate surface area is 111 Å². The Morgan fingerprint density at radius 2 is 2.16 bits per heavy atom. The molecule has 2 rings (SSSR count). The minimum atomic E-state index is -0.449. The van der Waals surface area contributed by atoms with Gasteiger partial charge in [0.2, 0.25) is 0 Å². The van der Waals surface area contributed by atoms with Gasteiger partial charge in [0.15, 0.2) is 11.5 Å². The van der Waals surface area contributed by atoms with Gasteiger partial charge in [-0.2, -0.15) is 0 Å². The van der Waals surface area contributed by atoms with E-state index in [2.05, 4.69) is 0 Å². The second kappa shape index (κ2) is 5.88. The summed E-state index contributed by atoms with van der Waals surface area (Å²) in [4.78, 5) is 10.5. The number of nitro benzene ring substituents is 1. The second-order valence-corrected chi connectivity index (χ2v) is 4.67. The lowest BCUT2D eigenvalue weighted by Gasteiger charge is -2.12. The molecule has 1 aliphatic rings. The number of nitro groups is 1. The van der Waals surface area contributed by atoms with Crippen molar-refractivity contribution in [1.29, 1.82) is 0 Å². The van der Waals surface area contributed by atoms with Gasteiger partial charge >= 0.3 is 0 Å². The van der Waals surface area contributed by atoms with Crippen LogP contribution < -0.4 is 15.2 Å². The van der Waals surface area contributed by atoms with Crippen LogP contribution in [0.2, 0.25) is 0 Å². The summed E-state index contributed by atoms with van der Waals surface area (Å²) in [5, 5.41) is 11.0. The third-order valence-electron chi connectivity index (χ3n) is 3.26. The highest BCUT2D eigenvalue weighted by atomic mass is 16.6. The molecule has 0 unspecified atom stereocenters. The normalized spacial score (nSPS) is 14.2. The van der Waals surface area contributed by atoms with Crippen LogP contribution in [0, 0.1) is 16.0 Å². The molecule has 1 fully saturated rings. The first kappa shape index (κ1) is 13.6. The van der Waals surface area contributed by atoms with E-state index in [0.717, 1.165) is 12.3 Å². The Morgan fingerprint density at radius 1 is 1.42 bits per heavy atom.